The van der Waals surface area contributed by atoms with Crippen LogP contribution in [0.4, 0.5) is 0 Å². The van der Waals surface area contributed by atoms with E-state index in [1.54, 1.807) is 0 Å². The highest BCUT2D eigenvalue weighted by atomic mass is 32.2. The Morgan fingerprint density at radius 1 is 1.28 bits per heavy atom. The van der Waals surface area contributed by atoms with E-state index in [0.717, 1.165) is 28.7 Å². The zero-order valence-electron chi connectivity index (χ0n) is 9.79. The Morgan fingerprint density at radius 2 is 2.00 bits per heavy atom. The summed E-state index contributed by atoms with van der Waals surface area (Å²) in [6.07, 6.45) is 0. The zero-order valence-corrected chi connectivity index (χ0v) is 10.6. The molecule has 0 aliphatic rings. The monoisotopic (exact) mass is 259 g/mol. The molecule has 0 fully saturated rings. The third-order valence-corrected chi connectivity index (χ3v) is 3.04. The van der Waals surface area contributed by atoms with Gasteiger partial charge in [-0.25, -0.2) is 9.97 Å². The molecule has 5 heteroatoms. The van der Waals surface area contributed by atoms with Crippen LogP contribution in [0.3, 0.4) is 0 Å². The van der Waals surface area contributed by atoms with Crippen molar-refractivity contribution in [3.8, 4) is 11.3 Å². The second-order valence-corrected chi connectivity index (χ2v) is 4.65. The Morgan fingerprint density at radius 3 is 2.67 bits per heavy atom. The van der Waals surface area contributed by atoms with E-state index in [2.05, 4.69) is 9.97 Å². The molecule has 0 spiro atoms. The molecule has 1 aromatic carbocycles. The van der Waals surface area contributed by atoms with Gasteiger partial charge in [0.1, 0.15) is 0 Å². The number of nitrogens with zero attached hydrogens (tertiary/aromatic N) is 2. The maximum absolute atomic E-state index is 10.4. The fraction of sp³-hybridized carbons (Fsp3) is 0.154. The number of aliphatic carboxylic acids is 1. The number of thioether (sulfide) groups is 1. The summed E-state index contributed by atoms with van der Waals surface area (Å²) in [6.45, 7) is 1.86. The minimum Gasteiger partial charge on any atom is -0.549 e. The predicted octanol–water partition coefficient (Wildman–Crippen LogP) is 1.29. The molecule has 0 aliphatic heterocycles. The molecule has 0 aliphatic carbocycles. The molecule has 0 amide bonds. The first kappa shape index (κ1) is 12.6. The van der Waals surface area contributed by atoms with Gasteiger partial charge in [0.15, 0.2) is 5.16 Å². The van der Waals surface area contributed by atoms with E-state index in [4.69, 9.17) is 0 Å². The number of carboxylic acids is 1. The van der Waals surface area contributed by atoms with E-state index in [-0.39, 0.29) is 5.75 Å². The summed E-state index contributed by atoms with van der Waals surface area (Å²) in [7, 11) is 0. The summed E-state index contributed by atoms with van der Waals surface area (Å²) in [4.78, 5) is 19.0. The minimum atomic E-state index is -1.12. The average Bonchev–Trinajstić information content (AvgIpc) is 2.37. The first-order chi connectivity index (χ1) is 8.65. The van der Waals surface area contributed by atoms with Crippen molar-refractivity contribution in [2.45, 2.75) is 12.1 Å². The van der Waals surface area contributed by atoms with Crippen LogP contribution in [0.5, 0.6) is 0 Å². The maximum Gasteiger partial charge on any atom is 0.188 e. The third-order valence-electron chi connectivity index (χ3n) is 2.22. The lowest BCUT2D eigenvalue weighted by atomic mass is 10.1. The third kappa shape index (κ3) is 3.30. The Labute approximate surface area is 109 Å². The molecule has 4 nitrogen and oxygen atoms in total. The summed E-state index contributed by atoms with van der Waals surface area (Å²) in [5.74, 6) is -1.26. The summed E-state index contributed by atoms with van der Waals surface area (Å²) in [6, 6.07) is 11.6. The molecular weight excluding hydrogens is 248 g/mol. The number of carbonyl (C=O) groups is 1. The lowest BCUT2D eigenvalue weighted by Gasteiger charge is -2.06. The summed E-state index contributed by atoms with van der Waals surface area (Å²) < 4.78 is 0. The largest absolute Gasteiger partial charge is 0.549 e. The summed E-state index contributed by atoms with van der Waals surface area (Å²) in [5.41, 5.74) is 2.59. The highest BCUT2D eigenvalue weighted by Gasteiger charge is 2.05. The van der Waals surface area contributed by atoms with Gasteiger partial charge in [0, 0.05) is 17.0 Å². The number of carbonyl (C=O) groups excluding carboxylic acids is 1. The zero-order chi connectivity index (χ0) is 13.0. The van der Waals surface area contributed by atoms with Gasteiger partial charge < -0.3 is 9.90 Å². The Kier molecular flexibility index (Phi) is 3.94. The predicted molar refractivity (Wildman–Crippen MR) is 67.9 cm³/mol. The number of hydrogen-bond donors (Lipinski definition) is 0. The van der Waals surface area contributed by atoms with Crippen LogP contribution < -0.4 is 5.11 Å². The minimum absolute atomic E-state index is 0.141. The van der Waals surface area contributed by atoms with Gasteiger partial charge in [-0.1, -0.05) is 42.1 Å². The van der Waals surface area contributed by atoms with Gasteiger partial charge in [0.05, 0.1) is 11.7 Å². The number of rotatable bonds is 4. The lowest BCUT2D eigenvalue weighted by molar-refractivity contribution is -0.301. The van der Waals surface area contributed by atoms with Crippen LogP contribution in [0, 0.1) is 6.92 Å². The number of benzene rings is 1. The van der Waals surface area contributed by atoms with Crippen molar-refractivity contribution in [1.29, 1.82) is 0 Å². The lowest BCUT2D eigenvalue weighted by Crippen LogP contribution is -2.24. The number of carboxylic acid groups (broad SMARTS) is 1. The Hall–Kier alpha value is -1.88. The van der Waals surface area contributed by atoms with Crippen molar-refractivity contribution >= 4 is 17.7 Å². The highest BCUT2D eigenvalue weighted by Crippen LogP contribution is 2.21. The molecule has 1 aromatic heterocycles. The molecule has 0 N–H and O–H groups in total. The van der Waals surface area contributed by atoms with Gasteiger partial charge in [-0.15, -0.1) is 0 Å². The molecular formula is C13H11N2O2S-. The molecule has 92 valence electrons. The molecule has 0 atom stereocenters. The van der Waals surface area contributed by atoms with Gasteiger partial charge in [-0.05, 0) is 13.0 Å². The summed E-state index contributed by atoms with van der Waals surface area (Å²) >= 11 is 1.07. The standard InChI is InChI=1S/C13H12N2O2S/c1-9-7-11(10-5-3-2-4-6-10)15-13(14-9)18-8-12(16)17/h2-7H,8H2,1H3,(H,16,17)/p-1. The van der Waals surface area contributed by atoms with Crippen molar-refractivity contribution in [2.24, 2.45) is 0 Å². The molecule has 0 saturated heterocycles. The van der Waals surface area contributed by atoms with Crippen molar-refractivity contribution in [3.63, 3.8) is 0 Å². The normalized spacial score (nSPS) is 10.3. The van der Waals surface area contributed by atoms with Crippen molar-refractivity contribution in [3.05, 3.63) is 42.1 Å². The average molecular weight is 259 g/mol. The van der Waals surface area contributed by atoms with Crippen LogP contribution in [0.25, 0.3) is 11.3 Å². The van der Waals surface area contributed by atoms with E-state index >= 15 is 0 Å². The second kappa shape index (κ2) is 5.64. The van der Waals surface area contributed by atoms with E-state index in [1.807, 2.05) is 43.3 Å². The molecule has 2 aromatic rings. The van der Waals surface area contributed by atoms with Gasteiger partial charge in [0.25, 0.3) is 0 Å². The molecule has 0 saturated carbocycles. The molecule has 2 rings (SSSR count). The van der Waals surface area contributed by atoms with Gasteiger partial charge in [0.2, 0.25) is 0 Å². The van der Waals surface area contributed by atoms with Gasteiger partial charge in [-0.3, -0.25) is 0 Å². The van der Waals surface area contributed by atoms with Crippen LogP contribution in [-0.2, 0) is 4.79 Å². The smallest absolute Gasteiger partial charge is 0.188 e. The SMILES string of the molecule is Cc1cc(-c2ccccc2)nc(SCC(=O)[O-])n1. The van der Waals surface area contributed by atoms with E-state index in [9.17, 15) is 9.90 Å². The highest BCUT2D eigenvalue weighted by molar-refractivity contribution is 7.99. The van der Waals surface area contributed by atoms with Crippen molar-refractivity contribution in [1.82, 2.24) is 9.97 Å². The fourth-order valence-electron chi connectivity index (χ4n) is 1.49. The Bertz CT molecular complexity index is 558. The number of aromatic nitrogens is 2. The van der Waals surface area contributed by atoms with Crippen LogP contribution in [0.2, 0.25) is 0 Å². The number of hydrogen-bond acceptors (Lipinski definition) is 5. The topological polar surface area (TPSA) is 65.9 Å². The fourth-order valence-corrected chi connectivity index (χ4v) is 2.10. The molecule has 1 heterocycles. The molecule has 0 unspecified atom stereocenters. The first-order valence-corrected chi connectivity index (χ1v) is 6.37. The van der Waals surface area contributed by atoms with Crippen LogP contribution in [-0.4, -0.2) is 21.7 Å². The quantitative estimate of drug-likeness (QED) is 0.611. The maximum atomic E-state index is 10.4. The summed E-state index contributed by atoms with van der Waals surface area (Å²) in [5, 5.41) is 10.9. The molecule has 18 heavy (non-hydrogen) atoms. The van der Waals surface area contributed by atoms with E-state index in [0.29, 0.717) is 5.16 Å². The van der Waals surface area contributed by atoms with Crippen molar-refractivity contribution in [2.75, 3.05) is 5.75 Å². The van der Waals surface area contributed by atoms with Crippen LogP contribution >= 0.6 is 11.8 Å². The van der Waals surface area contributed by atoms with E-state index in [1.165, 1.54) is 0 Å². The number of aryl methyl sites for hydroxylation is 1. The van der Waals surface area contributed by atoms with Crippen molar-refractivity contribution < 1.29 is 9.90 Å². The van der Waals surface area contributed by atoms with Crippen LogP contribution in [0.15, 0.2) is 41.6 Å². The van der Waals surface area contributed by atoms with Crippen LogP contribution in [0.1, 0.15) is 5.69 Å². The van der Waals surface area contributed by atoms with Gasteiger partial charge >= 0.3 is 0 Å². The van der Waals surface area contributed by atoms with E-state index < -0.39 is 5.97 Å². The molecule has 0 radical (unpaired) electrons. The first-order valence-electron chi connectivity index (χ1n) is 5.39. The Balaban J connectivity index is 2.29. The second-order valence-electron chi connectivity index (χ2n) is 3.70. The van der Waals surface area contributed by atoms with Gasteiger partial charge in [-0.2, -0.15) is 0 Å². The molecule has 0 bridgehead atoms.